The molecule has 0 aromatic carbocycles. The Balaban J connectivity index is -0.00000800. The summed E-state index contributed by atoms with van der Waals surface area (Å²) in [7, 11) is -5.18. The van der Waals surface area contributed by atoms with Gasteiger partial charge in [0.15, 0.2) is 0 Å². The van der Waals surface area contributed by atoms with Crippen LogP contribution in [0.2, 0.25) is 0 Å². The van der Waals surface area contributed by atoms with Crippen LogP contribution in [0.5, 0.6) is 0 Å². The molecule has 0 fully saturated rings. The monoisotopic (exact) mass is 653 g/mol. The van der Waals surface area contributed by atoms with Crippen LogP contribution in [0.3, 0.4) is 0 Å². The molecule has 0 aromatic rings. The molecule has 1 amide bonds. The number of nitrogens with one attached hydrogen (secondary N) is 1. The van der Waals surface area contributed by atoms with Crippen molar-refractivity contribution in [1.82, 2.24) is 5.32 Å². The first-order valence-electron chi connectivity index (χ1n) is 16.0. The summed E-state index contributed by atoms with van der Waals surface area (Å²) in [4.78, 5) is 44.7. The second-order valence-corrected chi connectivity index (χ2v) is 12.0. The van der Waals surface area contributed by atoms with Crippen LogP contribution < -0.4 is 74.2 Å². The number of esters is 1. The second-order valence-electron chi connectivity index (χ2n) is 10.8. The number of phosphoric acid groups is 1. The number of ether oxygens (including phenoxy) is 3. The molecule has 43 heavy (non-hydrogen) atoms. The van der Waals surface area contributed by atoms with E-state index in [1.54, 1.807) is 6.92 Å². The van der Waals surface area contributed by atoms with E-state index < -0.39 is 26.5 Å². The van der Waals surface area contributed by atoms with E-state index in [-0.39, 0.29) is 84.8 Å². The Hall–Kier alpha value is 0.970. The number of unbranched alkanes of at least 4 members (excludes halogenated alkanes) is 17. The van der Waals surface area contributed by atoms with Crippen molar-refractivity contribution in [3.8, 4) is 0 Å². The minimum Gasteiger partial charge on any atom is -0.790 e. The van der Waals surface area contributed by atoms with Crippen molar-refractivity contribution in [3.63, 3.8) is 0 Å². The van der Waals surface area contributed by atoms with Gasteiger partial charge >= 0.3 is 65.1 Å². The molecule has 1 atom stereocenters. The maximum absolute atomic E-state index is 12.2. The van der Waals surface area contributed by atoms with Gasteiger partial charge in [-0.25, -0.2) is 0 Å². The van der Waals surface area contributed by atoms with E-state index in [0.717, 1.165) is 57.9 Å². The van der Waals surface area contributed by atoms with Crippen molar-refractivity contribution in [2.24, 2.45) is 0 Å². The normalized spacial score (nSPS) is 11.8. The van der Waals surface area contributed by atoms with E-state index in [0.29, 0.717) is 13.0 Å². The molecule has 0 radical (unpaired) electrons. The van der Waals surface area contributed by atoms with Gasteiger partial charge in [-0.05, 0) is 19.3 Å². The molecule has 0 spiro atoms. The summed E-state index contributed by atoms with van der Waals surface area (Å²) in [5, 5.41) is 2.82. The van der Waals surface area contributed by atoms with Crippen LogP contribution in [0.25, 0.3) is 0 Å². The molecule has 0 rings (SSSR count). The molecular formula is C30H58NNa2O9P. The molecule has 10 nitrogen and oxygen atoms in total. The van der Waals surface area contributed by atoms with Crippen LogP contribution in [0.15, 0.2) is 0 Å². The molecular weight excluding hydrogens is 595 g/mol. The van der Waals surface area contributed by atoms with E-state index in [2.05, 4.69) is 16.8 Å². The number of hydrogen-bond donors (Lipinski definition) is 1. The van der Waals surface area contributed by atoms with Gasteiger partial charge < -0.3 is 38.4 Å². The SMILES string of the molecule is CCCCCCCCCCCC(=O)O[C@@H](COCOCCCCCCCCCCCCNC(C)=O)COP(=O)([O-])[O-].[Na+].[Na+]. The van der Waals surface area contributed by atoms with Crippen LogP contribution >= 0.6 is 7.82 Å². The molecule has 0 bridgehead atoms. The van der Waals surface area contributed by atoms with Crippen LogP contribution in [-0.2, 0) is 32.9 Å². The van der Waals surface area contributed by atoms with Gasteiger partial charge in [-0.3, -0.25) is 9.59 Å². The largest absolute Gasteiger partial charge is 1.00 e. The van der Waals surface area contributed by atoms with Crippen LogP contribution in [0.1, 0.15) is 142 Å². The van der Waals surface area contributed by atoms with E-state index in [1.807, 2.05) is 0 Å². The fraction of sp³-hybridized carbons (Fsp3) is 0.933. The van der Waals surface area contributed by atoms with Gasteiger partial charge in [0.25, 0.3) is 0 Å². The summed E-state index contributed by atoms with van der Waals surface area (Å²) in [6.07, 6.45) is 20.9. The van der Waals surface area contributed by atoms with Crippen LogP contribution in [-0.4, -0.2) is 51.1 Å². The van der Waals surface area contributed by atoms with E-state index in [9.17, 15) is 23.9 Å². The topological polar surface area (TPSA) is 146 Å². The van der Waals surface area contributed by atoms with Crippen molar-refractivity contribution in [1.29, 1.82) is 0 Å². The van der Waals surface area contributed by atoms with Gasteiger partial charge in [0, 0.05) is 26.5 Å². The number of carbonyl (C=O) groups excluding carboxylic acids is 2. The fourth-order valence-electron chi connectivity index (χ4n) is 4.42. The Kier molecular flexibility index (Phi) is 40.3. The number of phosphoric ester groups is 1. The summed E-state index contributed by atoms with van der Waals surface area (Å²) in [6, 6.07) is 0. The minimum atomic E-state index is -5.18. The first kappa shape index (κ1) is 48.4. The average Bonchev–Trinajstić information content (AvgIpc) is 2.91. The molecule has 0 aliphatic heterocycles. The van der Waals surface area contributed by atoms with Crippen LogP contribution in [0.4, 0.5) is 0 Å². The average molecular weight is 654 g/mol. The van der Waals surface area contributed by atoms with Gasteiger partial charge in [0.05, 0.1) is 21.0 Å². The third-order valence-electron chi connectivity index (χ3n) is 6.76. The molecule has 0 aliphatic carbocycles. The first-order chi connectivity index (χ1) is 19.7. The molecule has 0 saturated heterocycles. The molecule has 0 aliphatic rings. The maximum atomic E-state index is 12.2. The number of amides is 1. The number of carbonyl (C=O) groups is 2. The van der Waals surface area contributed by atoms with E-state index in [4.69, 9.17) is 14.2 Å². The Bertz CT molecular complexity index is 672. The summed E-state index contributed by atoms with van der Waals surface area (Å²) in [6.45, 7) is 4.37. The summed E-state index contributed by atoms with van der Waals surface area (Å²) in [5.74, 6) is -0.421. The Labute approximate surface area is 306 Å². The van der Waals surface area contributed by atoms with Crippen molar-refractivity contribution < 1.29 is 102 Å². The zero-order chi connectivity index (χ0) is 30.4. The van der Waals surface area contributed by atoms with Crippen molar-refractivity contribution in [2.75, 3.05) is 33.2 Å². The summed E-state index contributed by atoms with van der Waals surface area (Å²) < 4.78 is 31.3. The zero-order valence-electron chi connectivity index (χ0n) is 27.9. The number of rotatable bonds is 31. The maximum Gasteiger partial charge on any atom is 1.00 e. The van der Waals surface area contributed by atoms with Gasteiger partial charge in [-0.15, -0.1) is 0 Å². The molecule has 1 N–H and O–H groups in total. The van der Waals surface area contributed by atoms with Crippen molar-refractivity contribution in [3.05, 3.63) is 0 Å². The Morgan fingerprint density at radius 3 is 1.70 bits per heavy atom. The third kappa shape index (κ3) is 40.9. The predicted molar refractivity (Wildman–Crippen MR) is 157 cm³/mol. The van der Waals surface area contributed by atoms with Crippen LogP contribution in [0, 0.1) is 0 Å². The fourth-order valence-corrected chi connectivity index (χ4v) is 4.77. The van der Waals surface area contributed by atoms with Gasteiger partial charge in [0.2, 0.25) is 5.91 Å². The Morgan fingerprint density at radius 1 is 0.698 bits per heavy atom. The summed E-state index contributed by atoms with van der Waals surface area (Å²) >= 11 is 0. The van der Waals surface area contributed by atoms with Crippen molar-refractivity contribution in [2.45, 2.75) is 148 Å². The minimum absolute atomic E-state index is 0. The van der Waals surface area contributed by atoms with Gasteiger partial charge in [-0.1, -0.05) is 110 Å². The van der Waals surface area contributed by atoms with E-state index >= 15 is 0 Å². The standard InChI is InChI=1S/C30H60NO9P.2Na/c1-3-4-5-6-7-10-13-16-19-22-30(33)40-29(26-39-41(34,35)36)25-38-27-37-24-21-18-15-12-9-8-11-14-17-20-23-31-28(2)32;;/h29H,3-27H2,1-2H3,(H,31,32)(H2,34,35,36);;/q;2*+1/p-2/t29-;;/m0../s1. The molecule has 0 aromatic heterocycles. The predicted octanol–water partition coefficient (Wildman–Crippen LogP) is -0.300. The summed E-state index contributed by atoms with van der Waals surface area (Å²) in [5.41, 5.74) is 0. The molecule has 0 unspecified atom stereocenters. The Morgan fingerprint density at radius 2 is 1.19 bits per heavy atom. The zero-order valence-corrected chi connectivity index (χ0v) is 32.8. The van der Waals surface area contributed by atoms with Gasteiger partial charge in [-0.2, -0.15) is 0 Å². The molecule has 244 valence electrons. The molecule has 0 heterocycles. The molecule has 0 saturated carbocycles. The second kappa shape index (κ2) is 35.8. The van der Waals surface area contributed by atoms with Crippen molar-refractivity contribution >= 4 is 19.7 Å². The third-order valence-corrected chi connectivity index (χ3v) is 7.23. The quantitative estimate of drug-likeness (QED) is 0.0351. The first-order valence-corrected chi connectivity index (χ1v) is 17.5. The van der Waals surface area contributed by atoms with E-state index in [1.165, 1.54) is 64.2 Å². The van der Waals surface area contributed by atoms with Gasteiger partial charge in [0.1, 0.15) is 12.9 Å². The number of hydrogen-bond acceptors (Lipinski definition) is 9. The smallest absolute Gasteiger partial charge is 0.790 e. The molecule has 13 heteroatoms.